The lowest BCUT2D eigenvalue weighted by molar-refractivity contribution is 0.0677. The number of pyridine rings is 1. The molecule has 2 saturated heterocycles. The minimum Gasteiger partial charge on any atom is -0.380 e. The van der Waals surface area contributed by atoms with Crippen LogP contribution in [0.1, 0.15) is 11.4 Å². The first kappa shape index (κ1) is 21.3. The standard InChI is InChI=1S/C17H24N8O2S2/c18-15(21-23-17(29)25-6-10-27-11-7-25)14-3-1-2-13(20-14)12-19-22-16(28)24-4-8-26-9-5-24/h1-3,12H,4-11H2,(H2,18,21)(H,22,28)(H,23,29)/b19-12+. The Morgan fingerprint density at radius 2 is 1.59 bits per heavy atom. The lowest BCUT2D eigenvalue weighted by Crippen LogP contribution is -2.45. The van der Waals surface area contributed by atoms with Gasteiger partial charge in [-0.25, -0.2) is 4.98 Å². The quantitative estimate of drug-likeness (QED) is 0.246. The summed E-state index contributed by atoms with van der Waals surface area (Å²) < 4.78 is 10.6. The predicted molar refractivity (Wildman–Crippen MR) is 119 cm³/mol. The number of nitrogens with zero attached hydrogens (tertiary/aromatic N) is 5. The Morgan fingerprint density at radius 1 is 1.00 bits per heavy atom. The summed E-state index contributed by atoms with van der Waals surface area (Å²) in [6, 6.07) is 5.40. The van der Waals surface area contributed by atoms with Crippen molar-refractivity contribution < 1.29 is 9.47 Å². The fourth-order valence-electron chi connectivity index (χ4n) is 2.66. The first-order valence-electron chi connectivity index (χ1n) is 9.22. The fourth-order valence-corrected chi connectivity index (χ4v) is 3.12. The van der Waals surface area contributed by atoms with Gasteiger partial charge in [0.1, 0.15) is 5.69 Å². The Kier molecular flexibility index (Phi) is 8.04. The van der Waals surface area contributed by atoms with E-state index < -0.39 is 0 Å². The van der Waals surface area contributed by atoms with Crippen LogP contribution in [0.15, 0.2) is 28.4 Å². The van der Waals surface area contributed by atoms with Crippen LogP contribution in [0, 0.1) is 0 Å². The van der Waals surface area contributed by atoms with Crippen LogP contribution < -0.4 is 16.6 Å². The number of morpholine rings is 2. The molecule has 4 N–H and O–H groups in total. The molecule has 0 unspecified atom stereocenters. The first-order chi connectivity index (χ1) is 14.1. The smallest absolute Gasteiger partial charge is 0.189 e. The van der Waals surface area contributed by atoms with Crippen molar-refractivity contribution in [3.05, 3.63) is 29.6 Å². The Hall–Kier alpha value is -2.41. The average Bonchev–Trinajstić information content (AvgIpc) is 2.78. The van der Waals surface area contributed by atoms with Gasteiger partial charge in [-0.05, 0) is 36.6 Å². The summed E-state index contributed by atoms with van der Waals surface area (Å²) in [6.45, 7) is 5.58. The van der Waals surface area contributed by atoms with Crippen molar-refractivity contribution in [2.75, 3.05) is 52.6 Å². The maximum Gasteiger partial charge on any atom is 0.189 e. The number of hydrogen-bond acceptors (Lipinski definition) is 7. The number of ether oxygens (including phenoxy) is 2. The molecule has 0 radical (unpaired) electrons. The third kappa shape index (κ3) is 6.56. The highest BCUT2D eigenvalue weighted by atomic mass is 32.1. The monoisotopic (exact) mass is 436 g/mol. The van der Waals surface area contributed by atoms with E-state index in [9.17, 15) is 0 Å². The molecule has 3 rings (SSSR count). The van der Waals surface area contributed by atoms with E-state index in [1.807, 2.05) is 21.9 Å². The molecule has 2 aliphatic rings. The minimum absolute atomic E-state index is 0.229. The normalized spacial score (nSPS) is 18.0. The van der Waals surface area contributed by atoms with Gasteiger partial charge < -0.3 is 25.0 Å². The van der Waals surface area contributed by atoms with E-state index in [-0.39, 0.29) is 5.84 Å². The van der Waals surface area contributed by atoms with E-state index in [0.29, 0.717) is 48.0 Å². The van der Waals surface area contributed by atoms with E-state index in [0.717, 1.165) is 26.2 Å². The number of thiocarbonyl (C=S) groups is 2. The highest BCUT2D eigenvalue weighted by Gasteiger charge is 2.14. The maximum absolute atomic E-state index is 6.04. The molecule has 12 heteroatoms. The first-order valence-corrected chi connectivity index (χ1v) is 10.0. The Bertz CT molecular complexity index is 776. The van der Waals surface area contributed by atoms with Gasteiger partial charge in [0.25, 0.3) is 0 Å². The largest absolute Gasteiger partial charge is 0.380 e. The summed E-state index contributed by atoms with van der Waals surface area (Å²) in [6.07, 6.45) is 1.58. The van der Waals surface area contributed by atoms with Gasteiger partial charge in [0.05, 0.1) is 38.3 Å². The van der Waals surface area contributed by atoms with Crippen LogP contribution in [0.3, 0.4) is 0 Å². The number of hydrazone groups is 2. The summed E-state index contributed by atoms with van der Waals surface area (Å²) in [5.41, 5.74) is 12.8. The molecule has 1 aromatic heterocycles. The SMILES string of the molecule is N/C(=N\NC(=S)N1CCOCC1)c1cccc(/C=N/NC(=S)N2CCOCC2)n1. The molecule has 0 atom stereocenters. The van der Waals surface area contributed by atoms with Crippen molar-refractivity contribution in [3.8, 4) is 0 Å². The van der Waals surface area contributed by atoms with Gasteiger partial charge in [0.15, 0.2) is 16.1 Å². The maximum atomic E-state index is 6.04. The molecule has 2 aliphatic heterocycles. The van der Waals surface area contributed by atoms with Crippen molar-refractivity contribution >= 4 is 46.7 Å². The third-order valence-corrected chi connectivity index (χ3v) is 4.96. The Balaban J connectivity index is 1.53. The highest BCUT2D eigenvalue weighted by molar-refractivity contribution is 7.80. The lowest BCUT2D eigenvalue weighted by atomic mass is 10.3. The lowest BCUT2D eigenvalue weighted by Gasteiger charge is -2.28. The number of amidine groups is 1. The number of aromatic nitrogens is 1. The van der Waals surface area contributed by atoms with E-state index in [1.54, 1.807) is 12.3 Å². The number of hydrogen-bond donors (Lipinski definition) is 3. The van der Waals surface area contributed by atoms with Gasteiger partial charge in [-0.2, -0.15) is 10.2 Å². The molecule has 1 aromatic rings. The predicted octanol–water partition coefficient (Wildman–Crippen LogP) is -0.551. The molecule has 0 saturated carbocycles. The van der Waals surface area contributed by atoms with E-state index >= 15 is 0 Å². The second kappa shape index (κ2) is 11.0. The van der Waals surface area contributed by atoms with Crippen LogP contribution in [0.4, 0.5) is 0 Å². The van der Waals surface area contributed by atoms with Crippen molar-refractivity contribution in [1.29, 1.82) is 0 Å². The molecule has 0 amide bonds. The molecular weight excluding hydrogens is 412 g/mol. The van der Waals surface area contributed by atoms with Gasteiger partial charge in [0.2, 0.25) is 0 Å². The molecule has 0 spiro atoms. The van der Waals surface area contributed by atoms with Crippen molar-refractivity contribution in [2.45, 2.75) is 0 Å². The van der Waals surface area contributed by atoms with E-state index in [2.05, 4.69) is 26.0 Å². The second-order valence-electron chi connectivity index (χ2n) is 6.24. The topological polar surface area (TPSA) is 113 Å². The summed E-state index contributed by atoms with van der Waals surface area (Å²) in [4.78, 5) is 8.42. The molecule has 29 heavy (non-hydrogen) atoms. The van der Waals surface area contributed by atoms with Gasteiger partial charge in [-0.15, -0.1) is 0 Å². The van der Waals surface area contributed by atoms with E-state index in [1.165, 1.54) is 0 Å². The molecule has 0 bridgehead atoms. The number of nitrogens with two attached hydrogens (primary N) is 1. The van der Waals surface area contributed by atoms with Crippen LogP contribution >= 0.6 is 24.4 Å². The second-order valence-corrected chi connectivity index (χ2v) is 7.01. The molecule has 3 heterocycles. The summed E-state index contributed by atoms with van der Waals surface area (Å²) in [5, 5.41) is 9.36. The zero-order valence-electron chi connectivity index (χ0n) is 15.9. The Morgan fingerprint density at radius 3 is 2.21 bits per heavy atom. The molecule has 10 nitrogen and oxygen atoms in total. The highest BCUT2D eigenvalue weighted by Crippen LogP contribution is 2.00. The average molecular weight is 437 g/mol. The molecule has 156 valence electrons. The van der Waals surface area contributed by atoms with E-state index in [4.69, 9.17) is 39.6 Å². The van der Waals surface area contributed by atoms with Gasteiger partial charge >= 0.3 is 0 Å². The number of nitrogens with one attached hydrogen (secondary N) is 2. The van der Waals surface area contributed by atoms with Crippen molar-refractivity contribution in [2.24, 2.45) is 15.9 Å². The van der Waals surface area contributed by atoms with Crippen LogP contribution in [0.2, 0.25) is 0 Å². The molecule has 2 fully saturated rings. The third-order valence-electron chi connectivity index (χ3n) is 4.26. The van der Waals surface area contributed by atoms with Gasteiger partial charge in [-0.3, -0.25) is 10.9 Å². The summed E-state index contributed by atoms with van der Waals surface area (Å²) in [5.74, 6) is 0.229. The van der Waals surface area contributed by atoms with Gasteiger partial charge in [-0.1, -0.05) is 6.07 Å². The van der Waals surface area contributed by atoms with Crippen molar-refractivity contribution in [1.82, 2.24) is 25.6 Å². The minimum atomic E-state index is 0.229. The van der Waals surface area contributed by atoms with Crippen LogP contribution in [0.25, 0.3) is 0 Å². The summed E-state index contributed by atoms with van der Waals surface area (Å²) in [7, 11) is 0. The van der Waals surface area contributed by atoms with Gasteiger partial charge in [0, 0.05) is 26.2 Å². The van der Waals surface area contributed by atoms with Crippen molar-refractivity contribution in [3.63, 3.8) is 0 Å². The number of rotatable bonds is 4. The molecular formula is C17H24N8O2S2. The van der Waals surface area contributed by atoms with Crippen LogP contribution in [-0.2, 0) is 9.47 Å². The summed E-state index contributed by atoms with van der Waals surface area (Å²) >= 11 is 10.6. The van der Waals surface area contributed by atoms with Crippen LogP contribution in [-0.4, -0.2) is 89.7 Å². The van der Waals surface area contributed by atoms with Crippen LogP contribution in [0.5, 0.6) is 0 Å². The molecule has 0 aliphatic carbocycles. The fraction of sp³-hybridized carbons (Fsp3) is 0.471. The zero-order chi connectivity index (χ0) is 20.5. The Labute approximate surface area is 180 Å². The molecule has 0 aromatic carbocycles. The zero-order valence-corrected chi connectivity index (χ0v) is 17.5.